The minimum atomic E-state index is -4.97. The predicted octanol–water partition coefficient (Wildman–Crippen LogP) is 14.4. The fourth-order valence-electron chi connectivity index (χ4n) is 12.3. The fourth-order valence-corrected chi connectivity index (χ4v) is 13.8. The van der Waals surface area contributed by atoms with Gasteiger partial charge in [-0.3, -0.25) is 28.3 Å². The van der Waals surface area contributed by atoms with Crippen LogP contribution in [-0.2, 0) is 65.4 Å². The molecule has 25 heteroatoms. The molecule has 4 amide bonds. The average molecular weight is 1590 g/mol. The number of ether oxygens (including phenoxy) is 4. The minimum absolute atomic E-state index is 0. The second-order valence-electron chi connectivity index (χ2n) is 29.2. The van der Waals surface area contributed by atoms with Gasteiger partial charge in [0.1, 0.15) is 12.2 Å². The fraction of sp³-hybridized carbons (Fsp3) is 0.892. The molecule has 0 bridgehead atoms. The van der Waals surface area contributed by atoms with Crippen LogP contribution >= 0.6 is 15.6 Å². The number of phosphoric acid groups is 2. The van der Waals surface area contributed by atoms with Gasteiger partial charge in [0, 0.05) is 51.6 Å². The molecule has 0 saturated heterocycles. The van der Waals surface area contributed by atoms with E-state index in [0.717, 1.165) is 128 Å². The maximum Gasteiger partial charge on any atom is 1.00 e. The number of esters is 2. The van der Waals surface area contributed by atoms with E-state index < -0.39 is 60.2 Å². The first-order valence-electron chi connectivity index (χ1n) is 43.2. The normalized spacial score (nSPS) is 13.8. The molecule has 0 saturated carbocycles. The number of carbonyl (C=O) groups is 5. The number of allylic oxidation sites excluding steroid dienone is 4. The Balaban J connectivity index is -0.0000551. The van der Waals surface area contributed by atoms with Gasteiger partial charge in [0.2, 0.25) is 11.8 Å². The summed E-state index contributed by atoms with van der Waals surface area (Å²) < 4.78 is 70.8. The molecule has 0 aliphatic rings. The SMILES string of the molecule is CCCCCC/C=C\CCCC(=O)O[C@H](CCCCCCC)CCOCC(COP(=O)([O-])OCCNC(=O)NCCOP(=O)([O-])OCC(COCC[C@@H](CCCCCCC)OC(=O)CCC/C=C\CCCCCC)NC(=O)CCCCCCCCCCCCC)NC(=O)CCCCCCCCCCCCC.[Na+].[Na+]. The van der Waals surface area contributed by atoms with E-state index >= 15 is 0 Å². The van der Waals surface area contributed by atoms with Crippen molar-refractivity contribution in [2.45, 2.75) is 413 Å². The van der Waals surface area contributed by atoms with Crippen LogP contribution in [0.3, 0.4) is 0 Å². The summed E-state index contributed by atoms with van der Waals surface area (Å²) in [7, 11) is -9.93. The van der Waals surface area contributed by atoms with Crippen molar-refractivity contribution in [2.24, 2.45) is 0 Å². The molecule has 0 aromatic rings. The quantitative estimate of drug-likeness (QED) is 0.0145. The molecule has 0 spiro atoms. The van der Waals surface area contributed by atoms with E-state index in [-0.39, 0.29) is 147 Å². The van der Waals surface area contributed by atoms with E-state index in [1.54, 1.807) is 0 Å². The molecule has 0 aromatic heterocycles. The minimum Gasteiger partial charge on any atom is -0.756 e. The van der Waals surface area contributed by atoms with Crippen LogP contribution in [0, 0.1) is 0 Å². The van der Waals surface area contributed by atoms with Crippen LogP contribution in [0.15, 0.2) is 24.3 Å². The Morgan fingerprint density at radius 1 is 0.324 bits per heavy atom. The number of phosphoric ester groups is 2. The molecule has 0 aromatic carbocycles. The Morgan fingerprint density at radius 3 is 0.917 bits per heavy atom. The smallest absolute Gasteiger partial charge is 0.756 e. The molecule has 21 nitrogen and oxygen atoms in total. The third-order valence-corrected chi connectivity index (χ3v) is 20.8. The van der Waals surface area contributed by atoms with Crippen molar-refractivity contribution in [3.8, 4) is 0 Å². The van der Waals surface area contributed by atoms with E-state index in [2.05, 4.69) is 87.1 Å². The van der Waals surface area contributed by atoms with Crippen molar-refractivity contribution in [1.82, 2.24) is 21.3 Å². The molecule has 0 heterocycles. The standard InChI is InChI=1S/C83H160N4O17P2.2Na/c1-7-13-19-25-29-33-35-39-41-47-53-59-79(88)86-75(71-97-67-63-77(57-51-45-23-17-11-5)103-81(90)61-55-49-43-37-31-27-21-15-9-3)73-101-105(93,94)99-69-65-84-83(92)85-66-70-100-106(95,96)102-74-76(87-80(89)60-54-48-42-40-36-34-30-26-20-14-8-2)72-98-68-64-78(58-52-46-24-18-12-6)104-82(91)62-56-50-44-38-32-28-22-16-10-4;;/h37-38,43-44,75-78H,7-36,39-42,45-74H2,1-6H3,(H,86,88)(H,87,89)(H,93,94)(H,95,96)(H2,84,85,92);;/q;2*+1/p-2/b43-37-,44-38-;;/t75?,76?,77-,78-;;/m1../s1. The van der Waals surface area contributed by atoms with Crippen LogP contribution in [0.4, 0.5) is 4.79 Å². The van der Waals surface area contributed by atoms with Gasteiger partial charge in [-0.25, -0.2) is 4.79 Å². The van der Waals surface area contributed by atoms with Gasteiger partial charge in [0.05, 0.1) is 64.9 Å². The number of hydrogen-bond acceptors (Lipinski definition) is 17. The Bertz CT molecular complexity index is 2070. The Labute approximate surface area is 703 Å². The van der Waals surface area contributed by atoms with Gasteiger partial charge >= 0.3 is 77.1 Å². The van der Waals surface area contributed by atoms with Crippen LogP contribution in [0.25, 0.3) is 0 Å². The summed E-state index contributed by atoms with van der Waals surface area (Å²) in [6.07, 6.45) is 61.9. The topological polar surface area (TPSA) is 288 Å². The maximum atomic E-state index is 13.3. The number of carbonyl (C=O) groups excluding carboxylic acids is 5. The maximum absolute atomic E-state index is 13.3. The second-order valence-corrected chi connectivity index (χ2v) is 32.0. The van der Waals surface area contributed by atoms with Crippen molar-refractivity contribution in [3.05, 3.63) is 24.3 Å². The molecule has 0 radical (unpaired) electrons. The van der Waals surface area contributed by atoms with Gasteiger partial charge in [-0.2, -0.15) is 0 Å². The van der Waals surface area contributed by atoms with Crippen LogP contribution in [0.5, 0.6) is 0 Å². The van der Waals surface area contributed by atoms with Gasteiger partial charge in [0.15, 0.2) is 0 Å². The zero-order chi connectivity index (χ0) is 77.8. The molecular formula is C83H158N4Na2O17P2. The number of nitrogens with one attached hydrogen (secondary N) is 4. The number of urea groups is 1. The van der Waals surface area contributed by atoms with Crippen molar-refractivity contribution < 1.29 is 139 Å². The van der Waals surface area contributed by atoms with Gasteiger partial charge in [-0.05, 0) is 89.9 Å². The summed E-state index contributed by atoms with van der Waals surface area (Å²) in [6.45, 7) is 10.9. The average Bonchev–Trinajstić information content (AvgIpc) is 0.915. The van der Waals surface area contributed by atoms with E-state index in [1.165, 1.54) is 141 Å². The summed E-state index contributed by atoms with van der Waals surface area (Å²) in [5.41, 5.74) is 0. The summed E-state index contributed by atoms with van der Waals surface area (Å²) in [6, 6.07) is -2.47. The van der Waals surface area contributed by atoms with Crippen LogP contribution < -0.4 is 90.2 Å². The predicted molar refractivity (Wildman–Crippen MR) is 427 cm³/mol. The molecule has 108 heavy (non-hydrogen) atoms. The van der Waals surface area contributed by atoms with Gasteiger partial charge in [0.25, 0.3) is 15.6 Å². The molecule has 0 aliphatic heterocycles. The van der Waals surface area contributed by atoms with Crippen molar-refractivity contribution in [2.75, 3.05) is 65.9 Å². The number of hydrogen-bond donors (Lipinski definition) is 4. The van der Waals surface area contributed by atoms with Gasteiger partial charge in [-0.1, -0.05) is 284 Å². The zero-order valence-corrected chi connectivity index (χ0v) is 76.0. The molecule has 624 valence electrons. The van der Waals surface area contributed by atoms with E-state index in [1.807, 2.05) is 0 Å². The zero-order valence-electron chi connectivity index (χ0n) is 70.2. The van der Waals surface area contributed by atoms with Crippen LogP contribution in [0.1, 0.15) is 388 Å². The van der Waals surface area contributed by atoms with Crippen molar-refractivity contribution in [1.29, 1.82) is 0 Å². The Hall–Kier alpha value is -1.23. The molecular weight excluding hydrogens is 1430 g/mol. The molecule has 0 rings (SSSR count). The van der Waals surface area contributed by atoms with Gasteiger partial charge < -0.3 is 68.1 Å². The largest absolute Gasteiger partial charge is 1.00 e. The molecule has 4 unspecified atom stereocenters. The second kappa shape index (κ2) is 83.7. The van der Waals surface area contributed by atoms with Crippen molar-refractivity contribution in [3.63, 3.8) is 0 Å². The Morgan fingerprint density at radius 2 is 0.602 bits per heavy atom. The van der Waals surface area contributed by atoms with Crippen LogP contribution in [0.2, 0.25) is 0 Å². The number of rotatable bonds is 82. The molecule has 0 fully saturated rings. The van der Waals surface area contributed by atoms with E-state index in [9.17, 15) is 42.9 Å². The third-order valence-electron chi connectivity index (χ3n) is 18.8. The summed E-state index contributed by atoms with van der Waals surface area (Å²) in [4.78, 5) is 91.3. The molecule has 6 atom stereocenters. The molecule has 0 aliphatic carbocycles. The summed E-state index contributed by atoms with van der Waals surface area (Å²) in [5.74, 6) is -0.993. The Kier molecular flexibility index (Phi) is 86.0. The van der Waals surface area contributed by atoms with Gasteiger partial charge in [-0.15, -0.1) is 0 Å². The molecule has 4 N–H and O–H groups in total. The third kappa shape index (κ3) is 80.0. The summed E-state index contributed by atoms with van der Waals surface area (Å²) in [5, 5.41) is 10.7. The van der Waals surface area contributed by atoms with E-state index in [4.69, 9.17) is 37.0 Å². The van der Waals surface area contributed by atoms with E-state index in [0.29, 0.717) is 64.2 Å². The number of amides is 4. The summed E-state index contributed by atoms with van der Waals surface area (Å²) >= 11 is 0. The van der Waals surface area contributed by atoms with Crippen LogP contribution in [-0.4, -0.2) is 120 Å². The number of unbranched alkanes of at least 4 members (excludes halogenated alkanes) is 38. The monoisotopic (exact) mass is 1590 g/mol. The first kappa shape index (κ1) is 111. The van der Waals surface area contributed by atoms with Crippen molar-refractivity contribution >= 4 is 45.4 Å². The first-order chi connectivity index (χ1) is 51.5. The first-order valence-corrected chi connectivity index (χ1v) is 46.1.